The molecule has 0 spiro atoms. The molecule has 108 valence electrons. The van der Waals surface area contributed by atoms with Gasteiger partial charge >= 0.3 is 5.97 Å². The number of carbonyl (C=O) groups is 2. The molecule has 20 heavy (non-hydrogen) atoms. The molecule has 1 aromatic carbocycles. The van der Waals surface area contributed by atoms with Crippen LogP contribution >= 0.6 is 0 Å². The van der Waals surface area contributed by atoms with Crippen LogP contribution in [0.25, 0.3) is 0 Å². The molecule has 0 saturated carbocycles. The Labute approximate surface area is 113 Å². The molecular formula is C13H13F2NO4. The van der Waals surface area contributed by atoms with Crippen molar-refractivity contribution in [1.82, 2.24) is 5.32 Å². The summed E-state index contributed by atoms with van der Waals surface area (Å²) >= 11 is 0. The van der Waals surface area contributed by atoms with Crippen molar-refractivity contribution in [1.29, 1.82) is 0 Å². The van der Waals surface area contributed by atoms with Crippen LogP contribution in [0.5, 0.6) is 0 Å². The topological polar surface area (TPSA) is 75.6 Å². The van der Waals surface area contributed by atoms with Gasteiger partial charge in [-0.25, -0.2) is 13.6 Å². The van der Waals surface area contributed by atoms with E-state index < -0.39 is 34.6 Å². The molecule has 1 aromatic rings. The van der Waals surface area contributed by atoms with Gasteiger partial charge in [-0.1, -0.05) is 0 Å². The Morgan fingerprint density at radius 2 is 2.05 bits per heavy atom. The van der Waals surface area contributed by atoms with Gasteiger partial charge in [-0.15, -0.1) is 0 Å². The molecule has 0 aromatic heterocycles. The average Bonchev–Trinajstić information content (AvgIpc) is 2.83. The van der Waals surface area contributed by atoms with Crippen molar-refractivity contribution in [3.8, 4) is 0 Å². The van der Waals surface area contributed by atoms with E-state index in [0.717, 1.165) is 6.07 Å². The number of hydrogen-bond donors (Lipinski definition) is 2. The van der Waals surface area contributed by atoms with Crippen LogP contribution in [-0.4, -0.2) is 35.7 Å². The highest BCUT2D eigenvalue weighted by Crippen LogP contribution is 2.21. The van der Waals surface area contributed by atoms with Gasteiger partial charge in [-0.05, 0) is 18.6 Å². The van der Waals surface area contributed by atoms with Gasteiger partial charge in [0.15, 0.2) is 5.54 Å². The van der Waals surface area contributed by atoms with E-state index in [1.54, 1.807) is 0 Å². The number of amides is 1. The summed E-state index contributed by atoms with van der Waals surface area (Å²) in [5, 5.41) is 11.4. The van der Waals surface area contributed by atoms with Crippen molar-refractivity contribution in [3.05, 3.63) is 34.9 Å². The molecule has 1 atom stereocenters. The van der Waals surface area contributed by atoms with Gasteiger partial charge in [0, 0.05) is 19.1 Å². The molecule has 2 N–H and O–H groups in total. The first-order valence-electron chi connectivity index (χ1n) is 5.95. The smallest absolute Gasteiger partial charge is 0.331 e. The summed E-state index contributed by atoms with van der Waals surface area (Å²) < 4.78 is 31.7. The summed E-state index contributed by atoms with van der Waals surface area (Å²) in [7, 11) is 0. The van der Waals surface area contributed by atoms with E-state index in [9.17, 15) is 23.5 Å². The zero-order valence-corrected chi connectivity index (χ0v) is 10.7. The summed E-state index contributed by atoms with van der Waals surface area (Å²) in [4.78, 5) is 23.3. The van der Waals surface area contributed by atoms with E-state index in [2.05, 4.69) is 5.32 Å². The van der Waals surface area contributed by atoms with Crippen molar-refractivity contribution in [2.24, 2.45) is 0 Å². The molecule has 7 heteroatoms. The number of nitrogens with one attached hydrogen (secondary N) is 1. The van der Waals surface area contributed by atoms with Crippen molar-refractivity contribution in [2.75, 3.05) is 13.2 Å². The molecule has 1 aliphatic rings. The predicted octanol–water partition coefficient (Wildman–Crippen LogP) is 1.25. The van der Waals surface area contributed by atoms with E-state index >= 15 is 0 Å². The molecule has 0 bridgehead atoms. The highest BCUT2D eigenvalue weighted by Gasteiger charge is 2.44. The van der Waals surface area contributed by atoms with Crippen molar-refractivity contribution in [3.63, 3.8) is 0 Å². The third kappa shape index (κ3) is 2.49. The lowest BCUT2D eigenvalue weighted by Gasteiger charge is -2.23. The van der Waals surface area contributed by atoms with Crippen LogP contribution in [0.4, 0.5) is 8.78 Å². The third-order valence-corrected chi connectivity index (χ3v) is 3.28. The highest BCUT2D eigenvalue weighted by atomic mass is 19.1. The van der Waals surface area contributed by atoms with Gasteiger partial charge in [0.25, 0.3) is 5.91 Å². The van der Waals surface area contributed by atoms with Crippen molar-refractivity contribution >= 4 is 11.9 Å². The summed E-state index contributed by atoms with van der Waals surface area (Å²) in [5.74, 6) is -3.96. The molecule has 1 aliphatic heterocycles. The van der Waals surface area contributed by atoms with Crippen LogP contribution in [0.2, 0.25) is 0 Å². The number of rotatable bonds is 3. The summed E-state index contributed by atoms with van der Waals surface area (Å²) in [6, 6.07) is 1.65. The number of carboxylic acid groups (broad SMARTS) is 1. The zero-order valence-electron chi connectivity index (χ0n) is 10.7. The normalized spacial score (nSPS) is 21.8. The van der Waals surface area contributed by atoms with E-state index in [1.165, 1.54) is 6.92 Å². The number of carbonyl (C=O) groups excluding carboxylic acids is 1. The fraction of sp³-hybridized carbons (Fsp3) is 0.385. The van der Waals surface area contributed by atoms with E-state index in [1.807, 2.05) is 0 Å². The van der Waals surface area contributed by atoms with Crippen LogP contribution in [0.15, 0.2) is 12.1 Å². The minimum Gasteiger partial charge on any atom is -0.479 e. The molecule has 5 nitrogen and oxygen atoms in total. The van der Waals surface area contributed by atoms with E-state index in [4.69, 9.17) is 4.74 Å². The van der Waals surface area contributed by atoms with Crippen LogP contribution in [0.1, 0.15) is 22.3 Å². The molecule has 1 heterocycles. The number of aryl methyl sites for hydroxylation is 1. The molecule has 0 aliphatic carbocycles. The lowest BCUT2D eigenvalue weighted by molar-refractivity contribution is -0.144. The highest BCUT2D eigenvalue weighted by molar-refractivity contribution is 5.98. The molecule has 0 radical (unpaired) electrons. The Bertz CT molecular complexity index is 568. The first-order chi connectivity index (χ1) is 9.35. The Kier molecular flexibility index (Phi) is 3.71. The Morgan fingerprint density at radius 3 is 2.60 bits per heavy atom. The van der Waals surface area contributed by atoms with Crippen molar-refractivity contribution < 1.29 is 28.2 Å². The number of hydrogen-bond acceptors (Lipinski definition) is 3. The second kappa shape index (κ2) is 5.16. The Morgan fingerprint density at radius 1 is 1.35 bits per heavy atom. The number of aliphatic carboxylic acids is 1. The average molecular weight is 285 g/mol. The van der Waals surface area contributed by atoms with E-state index in [0.29, 0.717) is 6.07 Å². The summed E-state index contributed by atoms with van der Waals surface area (Å²) in [6.07, 6.45) is 0.0931. The summed E-state index contributed by atoms with van der Waals surface area (Å²) in [5.41, 5.74) is -1.86. The van der Waals surface area contributed by atoms with Crippen LogP contribution in [-0.2, 0) is 9.53 Å². The molecule has 1 saturated heterocycles. The lowest BCUT2D eigenvalue weighted by atomic mass is 9.98. The van der Waals surface area contributed by atoms with Crippen LogP contribution in [0, 0.1) is 18.6 Å². The van der Waals surface area contributed by atoms with Gasteiger partial charge in [-0.2, -0.15) is 0 Å². The number of benzene rings is 1. The Hall–Kier alpha value is -2.02. The quantitative estimate of drug-likeness (QED) is 0.876. The van der Waals surface area contributed by atoms with Gasteiger partial charge in [0.1, 0.15) is 11.6 Å². The van der Waals surface area contributed by atoms with Crippen LogP contribution in [0.3, 0.4) is 0 Å². The third-order valence-electron chi connectivity index (χ3n) is 3.28. The summed E-state index contributed by atoms with van der Waals surface area (Å²) in [6.45, 7) is 1.39. The minimum absolute atomic E-state index is 0.0931. The zero-order chi connectivity index (χ0) is 14.9. The minimum atomic E-state index is -1.56. The maximum Gasteiger partial charge on any atom is 0.331 e. The molecule has 1 fully saturated rings. The standard InChI is InChI=1S/C13H13F2NO4/c1-7-4-8(10(15)5-9(7)14)11(17)16-13(12(18)19)2-3-20-6-13/h4-5H,2-3,6H2,1H3,(H,16,17)(H,18,19). The fourth-order valence-corrected chi connectivity index (χ4v) is 2.00. The maximum absolute atomic E-state index is 13.6. The van der Waals surface area contributed by atoms with Gasteiger partial charge in [0.2, 0.25) is 0 Å². The molecule has 1 amide bonds. The molecule has 2 rings (SSSR count). The SMILES string of the molecule is Cc1cc(C(=O)NC2(C(=O)O)CCOC2)c(F)cc1F. The lowest BCUT2D eigenvalue weighted by Crippen LogP contribution is -2.55. The second-order valence-corrected chi connectivity index (χ2v) is 4.73. The van der Waals surface area contributed by atoms with Gasteiger partial charge < -0.3 is 15.2 Å². The predicted molar refractivity (Wildman–Crippen MR) is 64.4 cm³/mol. The van der Waals surface area contributed by atoms with Gasteiger partial charge in [-0.3, -0.25) is 4.79 Å². The Balaban J connectivity index is 2.28. The number of halogens is 2. The van der Waals surface area contributed by atoms with Crippen molar-refractivity contribution in [2.45, 2.75) is 18.9 Å². The molecular weight excluding hydrogens is 272 g/mol. The first kappa shape index (κ1) is 14.4. The number of carboxylic acids is 1. The second-order valence-electron chi connectivity index (χ2n) is 4.73. The fourth-order valence-electron chi connectivity index (χ4n) is 2.00. The number of ether oxygens (including phenoxy) is 1. The monoisotopic (exact) mass is 285 g/mol. The maximum atomic E-state index is 13.6. The first-order valence-corrected chi connectivity index (χ1v) is 5.95. The van der Waals surface area contributed by atoms with Crippen LogP contribution < -0.4 is 5.32 Å². The van der Waals surface area contributed by atoms with E-state index in [-0.39, 0.29) is 25.2 Å². The largest absolute Gasteiger partial charge is 0.479 e. The molecule has 1 unspecified atom stereocenters. The van der Waals surface area contributed by atoms with Gasteiger partial charge in [0.05, 0.1) is 12.2 Å².